The van der Waals surface area contributed by atoms with Crippen LogP contribution in [-0.4, -0.2) is 5.11 Å². The number of aromatic hydroxyl groups is 1. The van der Waals surface area contributed by atoms with Crippen molar-refractivity contribution < 1.29 is 5.11 Å². The summed E-state index contributed by atoms with van der Waals surface area (Å²) in [5, 5.41) is 9.18. The fourth-order valence-corrected chi connectivity index (χ4v) is 1.54. The van der Waals surface area contributed by atoms with Gasteiger partial charge in [0.05, 0.1) is 0 Å². The highest BCUT2D eigenvalue weighted by molar-refractivity contribution is 5.32. The van der Waals surface area contributed by atoms with Crippen molar-refractivity contribution in [3.63, 3.8) is 0 Å². The molecule has 1 saturated carbocycles. The van der Waals surface area contributed by atoms with E-state index in [0.717, 1.165) is 5.92 Å². The summed E-state index contributed by atoms with van der Waals surface area (Å²) in [6.45, 7) is 2.24. The summed E-state index contributed by atoms with van der Waals surface area (Å²) >= 11 is 0. The van der Waals surface area contributed by atoms with Crippen LogP contribution in [0.4, 0.5) is 0 Å². The molecule has 1 aliphatic carbocycles. The van der Waals surface area contributed by atoms with Crippen LogP contribution >= 0.6 is 0 Å². The first kappa shape index (κ1) is 6.71. The van der Waals surface area contributed by atoms with Crippen LogP contribution in [0.2, 0.25) is 0 Å². The highest BCUT2D eigenvalue weighted by atomic mass is 16.3. The predicted molar refractivity (Wildman–Crippen MR) is 44.6 cm³/mol. The smallest absolute Gasteiger partial charge is 0.115 e. The van der Waals surface area contributed by atoms with Crippen molar-refractivity contribution in [3.05, 3.63) is 29.8 Å². The number of phenols is 1. The quantitative estimate of drug-likeness (QED) is 0.648. The van der Waals surface area contributed by atoms with E-state index < -0.39 is 0 Å². The molecule has 0 amide bonds. The van der Waals surface area contributed by atoms with Gasteiger partial charge in [-0.25, -0.2) is 0 Å². The van der Waals surface area contributed by atoms with E-state index in [0.29, 0.717) is 11.7 Å². The van der Waals surface area contributed by atoms with Gasteiger partial charge in [0.2, 0.25) is 0 Å². The molecule has 1 fully saturated rings. The maximum absolute atomic E-state index is 9.18. The Bertz CT molecular complexity index is 267. The summed E-state index contributed by atoms with van der Waals surface area (Å²) in [5.74, 6) is 1.92. The third kappa shape index (κ3) is 1.23. The standard InChI is InChI=1S/C10H12O/c1-7-5-10(7)8-3-2-4-9(11)6-8/h2-4,6-7,10-11H,5H2,1H3/t7-,10-/m0/s1. The molecule has 58 valence electrons. The first-order valence-electron chi connectivity index (χ1n) is 4.06. The van der Waals surface area contributed by atoms with Crippen molar-refractivity contribution in [1.29, 1.82) is 0 Å². The molecule has 1 aliphatic rings. The Balaban J connectivity index is 2.25. The lowest BCUT2D eigenvalue weighted by molar-refractivity contribution is 0.474. The Morgan fingerprint density at radius 1 is 1.45 bits per heavy atom. The maximum Gasteiger partial charge on any atom is 0.115 e. The first-order chi connectivity index (χ1) is 5.27. The Morgan fingerprint density at radius 2 is 2.18 bits per heavy atom. The van der Waals surface area contributed by atoms with Gasteiger partial charge in [-0.05, 0) is 36.0 Å². The molecule has 11 heavy (non-hydrogen) atoms. The van der Waals surface area contributed by atoms with Crippen LogP contribution in [0.15, 0.2) is 24.3 Å². The zero-order valence-corrected chi connectivity index (χ0v) is 6.62. The molecule has 0 spiro atoms. The van der Waals surface area contributed by atoms with Crippen LogP contribution in [0, 0.1) is 5.92 Å². The Kier molecular flexibility index (Phi) is 1.38. The van der Waals surface area contributed by atoms with Crippen molar-refractivity contribution in [1.82, 2.24) is 0 Å². The highest BCUT2D eigenvalue weighted by Crippen LogP contribution is 2.47. The summed E-state index contributed by atoms with van der Waals surface area (Å²) in [7, 11) is 0. The van der Waals surface area contributed by atoms with Crippen LogP contribution in [0.1, 0.15) is 24.8 Å². The van der Waals surface area contributed by atoms with E-state index in [9.17, 15) is 5.11 Å². The van der Waals surface area contributed by atoms with Gasteiger partial charge in [0.15, 0.2) is 0 Å². The molecule has 1 heteroatoms. The van der Waals surface area contributed by atoms with Crippen molar-refractivity contribution in [2.45, 2.75) is 19.3 Å². The lowest BCUT2D eigenvalue weighted by Gasteiger charge is -1.97. The second-order valence-electron chi connectivity index (χ2n) is 3.41. The van der Waals surface area contributed by atoms with Crippen LogP contribution in [-0.2, 0) is 0 Å². The van der Waals surface area contributed by atoms with Gasteiger partial charge in [-0.15, -0.1) is 0 Å². The summed E-state index contributed by atoms with van der Waals surface area (Å²) in [6.07, 6.45) is 1.28. The summed E-state index contributed by atoms with van der Waals surface area (Å²) in [6, 6.07) is 7.59. The third-order valence-corrected chi connectivity index (χ3v) is 2.41. The average molecular weight is 148 g/mol. The van der Waals surface area contributed by atoms with Crippen molar-refractivity contribution >= 4 is 0 Å². The zero-order chi connectivity index (χ0) is 7.84. The van der Waals surface area contributed by atoms with Gasteiger partial charge in [0.25, 0.3) is 0 Å². The van der Waals surface area contributed by atoms with Gasteiger partial charge < -0.3 is 5.11 Å². The normalized spacial score (nSPS) is 28.5. The summed E-state index contributed by atoms with van der Waals surface area (Å²) in [4.78, 5) is 0. The molecule has 0 aliphatic heterocycles. The number of phenolic OH excluding ortho intramolecular Hbond substituents is 1. The van der Waals surface area contributed by atoms with Crippen molar-refractivity contribution in [2.24, 2.45) is 5.92 Å². The number of benzene rings is 1. The minimum atomic E-state index is 0.390. The molecule has 0 bridgehead atoms. The van der Waals surface area contributed by atoms with Gasteiger partial charge in [-0.1, -0.05) is 19.1 Å². The van der Waals surface area contributed by atoms with E-state index >= 15 is 0 Å². The van der Waals surface area contributed by atoms with Gasteiger partial charge in [-0.2, -0.15) is 0 Å². The molecule has 1 aromatic rings. The molecule has 1 N–H and O–H groups in total. The molecule has 2 atom stereocenters. The van der Waals surface area contributed by atoms with Gasteiger partial charge >= 0.3 is 0 Å². The van der Waals surface area contributed by atoms with E-state index in [4.69, 9.17) is 0 Å². The SMILES string of the molecule is C[C@H]1C[C@@H]1c1cccc(O)c1. The molecule has 0 aromatic heterocycles. The molecular formula is C10H12O. The number of hydrogen-bond acceptors (Lipinski definition) is 1. The number of hydrogen-bond donors (Lipinski definition) is 1. The Morgan fingerprint density at radius 3 is 2.73 bits per heavy atom. The lowest BCUT2D eigenvalue weighted by atomic mass is 10.1. The monoisotopic (exact) mass is 148 g/mol. The largest absolute Gasteiger partial charge is 0.508 e. The van der Waals surface area contributed by atoms with E-state index in [1.807, 2.05) is 12.1 Å². The topological polar surface area (TPSA) is 20.2 Å². The zero-order valence-electron chi connectivity index (χ0n) is 6.62. The Hall–Kier alpha value is -0.980. The van der Waals surface area contributed by atoms with Crippen LogP contribution in [0.5, 0.6) is 5.75 Å². The molecule has 0 heterocycles. The highest BCUT2D eigenvalue weighted by Gasteiger charge is 2.33. The molecule has 0 saturated heterocycles. The minimum absolute atomic E-state index is 0.390. The van der Waals surface area contributed by atoms with Crippen molar-refractivity contribution in [3.8, 4) is 5.75 Å². The fourth-order valence-electron chi connectivity index (χ4n) is 1.54. The van der Waals surface area contributed by atoms with E-state index in [2.05, 4.69) is 13.0 Å². The molecule has 2 rings (SSSR count). The molecule has 1 nitrogen and oxygen atoms in total. The first-order valence-corrected chi connectivity index (χ1v) is 4.06. The second kappa shape index (κ2) is 2.26. The van der Waals surface area contributed by atoms with Gasteiger partial charge in [-0.3, -0.25) is 0 Å². The van der Waals surface area contributed by atoms with Crippen LogP contribution in [0.25, 0.3) is 0 Å². The summed E-state index contributed by atoms with van der Waals surface area (Å²) in [5.41, 5.74) is 1.29. The molecule has 1 aromatic carbocycles. The molecular weight excluding hydrogens is 136 g/mol. The van der Waals surface area contributed by atoms with Crippen LogP contribution < -0.4 is 0 Å². The third-order valence-electron chi connectivity index (χ3n) is 2.41. The van der Waals surface area contributed by atoms with E-state index in [1.165, 1.54) is 12.0 Å². The summed E-state index contributed by atoms with van der Waals surface area (Å²) < 4.78 is 0. The van der Waals surface area contributed by atoms with Crippen molar-refractivity contribution in [2.75, 3.05) is 0 Å². The molecule has 0 unspecified atom stereocenters. The predicted octanol–water partition coefficient (Wildman–Crippen LogP) is 2.52. The fraction of sp³-hybridized carbons (Fsp3) is 0.400. The maximum atomic E-state index is 9.18. The van der Waals surface area contributed by atoms with Gasteiger partial charge in [0, 0.05) is 0 Å². The minimum Gasteiger partial charge on any atom is -0.508 e. The van der Waals surface area contributed by atoms with Crippen LogP contribution in [0.3, 0.4) is 0 Å². The average Bonchev–Trinajstić information content (AvgIpc) is 2.67. The van der Waals surface area contributed by atoms with Gasteiger partial charge in [0.1, 0.15) is 5.75 Å². The van der Waals surface area contributed by atoms with E-state index in [-0.39, 0.29) is 0 Å². The lowest BCUT2D eigenvalue weighted by Crippen LogP contribution is -1.79. The second-order valence-corrected chi connectivity index (χ2v) is 3.41. The number of rotatable bonds is 1. The van der Waals surface area contributed by atoms with E-state index in [1.54, 1.807) is 6.07 Å². The molecule has 0 radical (unpaired) electrons. The Labute approximate surface area is 66.7 Å².